The first-order valence-electron chi connectivity index (χ1n) is 1.12. The molecule has 0 rings (SSSR count). The molecule has 0 saturated heterocycles. The van der Waals surface area contributed by atoms with Crippen molar-refractivity contribution in [3.63, 3.8) is 0 Å². The van der Waals surface area contributed by atoms with Crippen molar-refractivity contribution in [1.29, 1.82) is 0 Å². The summed E-state index contributed by atoms with van der Waals surface area (Å²) >= 11 is 0. The second-order valence-corrected chi connectivity index (χ2v) is 0. The van der Waals surface area contributed by atoms with Gasteiger partial charge in [0.2, 0.25) is 0 Å². The molecule has 0 aliphatic carbocycles. The van der Waals surface area contributed by atoms with E-state index in [0.717, 1.165) is 0 Å². The van der Waals surface area contributed by atoms with Crippen LogP contribution < -0.4 is 5.73 Å². The predicted molar refractivity (Wildman–Crippen MR) is 20.6 cm³/mol. The molecule has 1 nitrogen and oxygen atoms in total. The van der Waals surface area contributed by atoms with Crippen LogP contribution in [0.3, 0.4) is 0 Å². The Morgan fingerprint density at radius 1 is 1.20 bits per heavy atom. The van der Waals surface area contributed by atoms with Crippen molar-refractivity contribution < 1.29 is 22.4 Å². The van der Waals surface area contributed by atoms with Crippen LogP contribution in [0.4, 0.5) is 0 Å². The van der Waals surface area contributed by atoms with Crippen LogP contribution in [0, 0.1) is 14.0 Å². The van der Waals surface area contributed by atoms with Crippen LogP contribution in [0.1, 0.15) is 6.92 Å². The van der Waals surface area contributed by atoms with Crippen LogP contribution in [0.15, 0.2) is 0 Å². The Morgan fingerprint density at radius 2 is 1.20 bits per heavy atom. The van der Waals surface area contributed by atoms with Crippen LogP contribution in [0.2, 0.25) is 0 Å². The molecule has 0 heterocycles. The number of nitrogens with two attached hydrogens (primary N) is 1. The zero-order chi connectivity index (χ0) is 4.00. The molecule has 0 aliphatic rings. The smallest absolute Gasteiger partial charge is 0.486 e. The van der Waals surface area contributed by atoms with Gasteiger partial charge in [0.25, 0.3) is 0 Å². The van der Waals surface area contributed by atoms with Gasteiger partial charge in [0.05, 0.1) is 0 Å². The maximum atomic E-state index is 4.25. The van der Waals surface area contributed by atoms with E-state index in [9.17, 15) is 0 Å². The summed E-state index contributed by atoms with van der Waals surface area (Å²) in [6.45, 7) is 5.00. The van der Waals surface area contributed by atoms with Gasteiger partial charge in [-0.3, -0.25) is 7.05 Å². The molecule has 0 amide bonds. The molecular weight excluding hydrogens is 231 g/mol. The molecule has 1 radical (unpaired) electrons. The monoisotopic (exact) mass is 240 g/mol. The van der Waals surface area contributed by atoms with Gasteiger partial charge in [-0.2, -0.15) is 6.92 Å². The Morgan fingerprint density at radius 3 is 1.20 bits per heavy atom. The Balaban J connectivity index is -0.0000000133. The molecule has 5 heavy (non-hydrogen) atoms. The Bertz CT molecular complexity index is 6.85. The summed E-state index contributed by atoms with van der Waals surface area (Å²) in [7, 11) is 2.75. The van der Waals surface area contributed by atoms with E-state index in [0.29, 0.717) is 0 Å². The van der Waals surface area contributed by atoms with E-state index >= 15 is 0 Å². The molecule has 0 atom stereocenters. The van der Waals surface area contributed by atoms with E-state index in [4.69, 9.17) is 0 Å². The SMILES string of the molecule is [CH2-]C.[CH2-]N.[Ta+2]. The largest absolute Gasteiger partial charge is 2.00 e. The first kappa shape index (κ1) is 17.3. The van der Waals surface area contributed by atoms with Crippen LogP contribution in [0.5, 0.6) is 0 Å². The predicted octanol–water partition coefficient (Wildman–Crippen LogP) is 0.575. The molecule has 0 bridgehead atoms. The molecule has 0 aromatic heterocycles. The van der Waals surface area contributed by atoms with Crippen LogP contribution in [0.25, 0.3) is 0 Å². The van der Waals surface area contributed by atoms with Gasteiger partial charge in [-0.1, -0.05) is 0 Å². The zero-order valence-electron chi connectivity index (χ0n) is 3.44. The summed E-state index contributed by atoms with van der Waals surface area (Å²) in [6, 6.07) is 0. The summed E-state index contributed by atoms with van der Waals surface area (Å²) in [6.07, 6.45) is 0. The minimum Gasteiger partial charge on any atom is -0.486 e. The third-order valence-electron chi connectivity index (χ3n) is 0. The molecule has 0 saturated carbocycles. The fourth-order valence-electron chi connectivity index (χ4n) is 0. The fourth-order valence-corrected chi connectivity index (χ4v) is 0. The van der Waals surface area contributed by atoms with Gasteiger partial charge in [-0.15, -0.1) is 0 Å². The fraction of sp³-hybridized carbons (Fsp3) is 0.333. The topological polar surface area (TPSA) is 26.0 Å². The van der Waals surface area contributed by atoms with Crippen molar-refractivity contribution in [2.24, 2.45) is 5.73 Å². The molecule has 31 valence electrons. The maximum absolute atomic E-state index is 4.25. The average Bonchev–Trinajstić information content (AvgIpc) is 1.50. The Labute approximate surface area is 49.4 Å². The zero-order valence-corrected chi connectivity index (χ0v) is 6.65. The van der Waals surface area contributed by atoms with Crippen LogP contribution in [-0.2, 0) is 22.4 Å². The normalized spacial score (nSPS) is 2.40. The maximum Gasteiger partial charge on any atom is 2.00 e. The first-order valence-corrected chi connectivity index (χ1v) is 1.12. The second kappa shape index (κ2) is 131. The van der Waals surface area contributed by atoms with Gasteiger partial charge in [-0.05, 0) is 0 Å². The summed E-state index contributed by atoms with van der Waals surface area (Å²) in [5.74, 6) is 0. The molecule has 0 aromatic carbocycles. The van der Waals surface area contributed by atoms with Crippen molar-refractivity contribution in [1.82, 2.24) is 0 Å². The van der Waals surface area contributed by atoms with E-state index < -0.39 is 0 Å². The third-order valence-corrected chi connectivity index (χ3v) is 0. The Hall–Kier alpha value is 0.700. The van der Waals surface area contributed by atoms with Crippen molar-refractivity contribution in [3.05, 3.63) is 14.0 Å². The van der Waals surface area contributed by atoms with Crippen LogP contribution in [-0.4, -0.2) is 0 Å². The molecular formula is C3H9NTa. The molecule has 2 N–H and O–H groups in total. The van der Waals surface area contributed by atoms with Gasteiger partial charge >= 0.3 is 22.4 Å². The van der Waals surface area contributed by atoms with E-state index in [1.54, 1.807) is 6.92 Å². The van der Waals surface area contributed by atoms with E-state index in [1.165, 1.54) is 0 Å². The van der Waals surface area contributed by atoms with E-state index in [2.05, 4.69) is 19.7 Å². The first-order chi connectivity index (χ1) is 2.00. The van der Waals surface area contributed by atoms with Crippen molar-refractivity contribution in [2.75, 3.05) is 0 Å². The summed E-state index contributed by atoms with van der Waals surface area (Å²) in [5.41, 5.74) is 4.25. The van der Waals surface area contributed by atoms with Crippen molar-refractivity contribution in [2.45, 2.75) is 6.92 Å². The molecule has 0 spiro atoms. The summed E-state index contributed by atoms with van der Waals surface area (Å²) in [5, 5.41) is 0. The molecule has 0 fully saturated rings. The van der Waals surface area contributed by atoms with Gasteiger partial charge < -0.3 is 12.7 Å². The van der Waals surface area contributed by atoms with Gasteiger partial charge in [0, 0.05) is 0 Å². The van der Waals surface area contributed by atoms with Gasteiger partial charge in [0.15, 0.2) is 0 Å². The Kier molecular flexibility index (Phi) is 453. The molecule has 0 unspecified atom stereocenters. The minimum absolute atomic E-state index is 0. The number of hydrogen-bond acceptors (Lipinski definition) is 1. The summed E-state index contributed by atoms with van der Waals surface area (Å²) in [4.78, 5) is 0. The number of hydrogen-bond donors (Lipinski definition) is 1. The number of rotatable bonds is 0. The van der Waals surface area contributed by atoms with Crippen molar-refractivity contribution >= 4 is 0 Å². The molecule has 2 heteroatoms. The van der Waals surface area contributed by atoms with Gasteiger partial charge in [0.1, 0.15) is 0 Å². The average molecular weight is 240 g/mol. The molecule has 0 aliphatic heterocycles. The van der Waals surface area contributed by atoms with Gasteiger partial charge in [-0.25, -0.2) is 0 Å². The minimum atomic E-state index is 0. The summed E-state index contributed by atoms with van der Waals surface area (Å²) < 4.78 is 0. The van der Waals surface area contributed by atoms with E-state index in [-0.39, 0.29) is 22.4 Å². The third kappa shape index (κ3) is 69.9. The standard InChI is InChI=1S/C2H5.CH4N.Ta/c2*1-2;/h1H2,2H3;1-2H2;/q2*-1;+2. The van der Waals surface area contributed by atoms with Crippen molar-refractivity contribution in [3.8, 4) is 0 Å². The van der Waals surface area contributed by atoms with Crippen LogP contribution >= 0.6 is 0 Å². The molecule has 0 aromatic rings. The second-order valence-electron chi connectivity index (χ2n) is 0. The van der Waals surface area contributed by atoms with E-state index in [1.807, 2.05) is 0 Å². The quantitative estimate of drug-likeness (QED) is 0.615.